The molecule has 2 saturated heterocycles. The molecule has 2 spiro atoms. The monoisotopic (exact) mass is 618 g/mol. The number of aliphatic hydroxyl groups is 2. The Kier molecular flexibility index (Phi) is 9.45. The van der Waals surface area contributed by atoms with Crippen molar-refractivity contribution in [3.8, 4) is 0 Å². The lowest BCUT2D eigenvalue weighted by Gasteiger charge is -2.59. The molecule has 0 aromatic rings. The average molecular weight is 619 g/mol. The van der Waals surface area contributed by atoms with Crippen molar-refractivity contribution in [2.45, 2.75) is 115 Å². The van der Waals surface area contributed by atoms with Crippen LogP contribution in [0, 0.1) is 16.7 Å². The molecule has 0 radical (unpaired) electrons. The summed E-state index contributed by atoms with van der Waals surface area (Å²) in [5.41, 5.74) is -1.86. The van der Waals surface area contributed by atoms with Crippen molar-refractivity contribution in [2.24, 2.45) is 16.7 Å². The molecule has 11 heteroatoms. The van der Waals surface area contributed by atoms with Crippen LogP contribution in [0.25, 0.3) is 0 Å². The fraction of sp³-hybridized carbons (Fsp3) is 0.727. The smallest absolute Gasteiger partial charge is 0.335 e. The lowest BCUT2D eigenvalue weighted by Crippen LogP contribution is -2.68. The van der Waals surface area contributed by atoms with E-state index < -0.39 is 70.9 Å². The third-order valence-corrected chi connectivity index (χ3v) is 10.5. The van der Waals surface area contributed by atoms with Gasteiger partial charge in [-0.1, -0.05) is 45.1 Å². The molecule has 0 aromatic heterocycles. The maximum absolute atomic E-state index is 13.3. The molecule has 1 saturated carbocycles. The summed E-state index contributed by atoms with van der Waals surface area (Å²) in [5.74, 6) is -2.19. The Hall–Kier alpha value is -2.57. The minimum absolute atomic E-state index is 0.173. The minimum Gasteiger partial charge on any atom is -0.463 e. The van der Waals surface area contributed by atoms with E-state index in [0.717, 1.165) is 5.57 Å². The summed E-state index contributed by atoms with van der Waals surface area (Å²) in [7, 11) is 0. The quantitative estimate of drug-likeness (QED) is 0.207. The van der Waals surface area contributed by atoms with E-state index in [2.05, 4.69) is 0 Å². The summed E-state index contributed by atoms with van der Waals surface area (Å²) in [4.78, 5) is 39.2. The normalized spacial score (nSPS) is 44.6. The van der Waals surface area contributed by atoms with Gasteiger partial charge in [0.25, 0.3) is 0 Å². The van der Waals surface area contributed by atoms with E-state index in [4.69, 9.17) is 28.4 Å². The Balaban J connectivity index is 1.54. The van der Waals surface area contributed by atoms with Crippen LogP contribution in [0.15, 0.2) is 36.0 Å². The van der Waals surface area contributed by atoms with Crippen LogP contribution in [0.1, 0.15) is 66.7 Å². The molecule has 44 heavy (non-hydrogen) atoms. The number of rotatable bonds is 4. The van der Waals surface area contributed by atoms with Gasteiger partial charge in [-0.2, -0.15) is 0 Å². The van der Waals surface area contributed by atoms with Crippen molar-refractivity contribution in [1.29, 1.82) is 0 Å². The predicted molar refractivity (Wildman–Crippen MR) is 156 cm³/mol. The van der Waals surface area contributed by atoms with Crippen LogP contribution in [-0.2, 0) is 42.8 Å². The van der Waals surface area contributed by atoms with Gasteiger partial charge in [-0.15, -0.1) is 0 Å². The van der Waals surface area contributed by atoms with Crippen LogP contribution in [0.4, 0.5) is 0 Å². The van der Waals surface area contributed by atoms with Crippen molar-refractivity contribution >= 4 is 17.9 Å². The Labute approximate surface area is 258 Å². The van der Waals surface area contributed by atoms with Crippen LogP contribution in [0.3, 0.4) is 0 Å². The standard InChI is InChI=1S/C33H46O11/c1-6-9-27(35)42-23-16-32-17-40-30(38)29(37)19(2)12-13-39-22(21(4)34)10-7-8-11-28(36)44-24-15-26(43-25(32)14-20(23)3)33(18-41-33)31(24,32)5/h7-8,10-11,14,19,21-26,29,34,37H,6,9,12-13,15-18H2,1-5H3/b10-7-,11-8-/t19-,21-,22+,23-,24+,25+,26+,29-,31+,32+,33-/m0/s1. The minimum atomic E-state index is -1.43. The summed E-state index contributed by atoms with van der Waals surface area (Å²) in [6, 6.07) is 0. The van der Waals surface area contributed by atoms with Gasteiger partial charge in [0.1, 0.15) is 30.5 Å². The lowest BCUT2D eigenvalue weighted by atomic mass is 9.51. The van der Waals surface area contributed by atoms with Gasteiger partial charge in [-0.3, -0.25) is 4.79 Å². The van der Waals surface area contributed by atoms with E-state index in [1.54, 1.807) is 26.0 Å². The van der Waals surface area contributed by atoms with Crippen molar-refractivity contribution < 1.29 is 53.0 Å². The molecule has 244 valence electrons. The molecule has 11 atom stereocenters. The van der Waals surface area contributed by atoms with Crippen LogP contribution >= 0.6 is 0 Å². The van der Waals surface area contributed by atoms with Gasteiger partial charge < -0.3 is 38.6 Å². The second-order valence-electron chi connectivity index (χ2n) is 13.2. The molecule has 3 heterocycles. The third-order valence-electron chi connectivity index (χ3n) is 10.5. The Morgan fingerprint density at radius 3 is 2.64 bits per heavy atom. The van der Waals surface area contributed by atoms with E-state index in [1.807, 2.05) is 26.8 Å². The Morgan fingerprint density at radius 1 is 1.20 bits per heavy atom. The first-order chi connectivity index (χ1) is 20.9. The zero-order chi connectivity index (χ0) is 31.9. The van der Waals surface area contributed by atoms with Crippen LogP contribution in [0.2, 0.25) is 0 Å². The number of cyclic esters (lactones) is 1. The first-order valence-corrected chi connectivity index (χ1v) is 15.8. The SMILES string of the molecule is CCCC(=O)O[C@H]1C[C@@]23COC(=O)[C@@H](O)[C@@H](C)CCO[C@@H]([C@H](C)O)/C=C\C=C/C(=O)O[C@@H]4C[C@@H](O[C@@H]2C=C1C)[C@@]1(CO1)[C@]43C. The van der Waals surface area contributed by atoms with E-state index in [1.165, 1.54) is 12.2 Å². The summed E-state index contributed by atoms with van der Waals surface area (Å²) in [6.07, 6.45) is 4.81. The number of hydrogen-bond acceptors (Lipinski definition) is 11. The largest absolute Gasteiger partial charge is 0.463 e. The number of epoxide rings is 1. The molecule has 2 N–H and O–H groups in total. The molecule has 0 unspecified atom stereocenters. The molecular formula is C33H46O11. The van der Waals surface area contributed by atoms with Gasteiger partial charge in [0, 0.05) is 31.9 Å². The van der Waals surface area contributed by atoms with E-state index in [9.17, 15) is 24.6 Å². The highest BCUT2D eigenvalue weighted by Gasteiger charge is 2.83. The lowest BCUT2D eigenvalue weighted by molar-refractivity contribution is -0.242. The number of carbonyl (C=O) groups excluding carboxylic acids is 3. The maximum atomic E-state index is 13.3. The number of carbonyl (C=O) groups is 3. The van der Waals surface area contributed by atoms with Gasteiger partial charge in [0.05, 0.1) is 35.7 Å². The Bertz CT molecular complexity index is 1200. The van der Waals surface area contributed by atoms with Gasteiger partial charge in [0.15, 0.2) is 6.10 Å². The molecule has 5 rings (SSSR count). The second-order valence-corrected chi connectivity index (χ2v) is 13.2. The maximum Gasteiger partial charge on any atom is 0.335 e. The van der Waals surface area contributed by atoms with E-state index in [-0.39, 0.29) is 38.1 Å². The number of allylic oxidation sites excluding steroid dienone is 2. The highest BCUT2D eigenvalue weighted by molar-refractivity contribution is 5.82. The van der Waals surface area contributed by atoms with Crippen LogP contribution < -0.4 is 0 Å². The van der Waals surface area contributed by atoms with E-state index >= 15 is 0 Å². The molecule has 5 aliphatic rings. The topological polar surface area (TPSA) is 150 Å². The zero-order valence-electron chi connectivity index (χ0n) is 26.2. The number of ether oxygens (including phenoxy) is 6. The molecule has 0 aromatic carbocycles. The molecular weight excluding hydrogens is 572 g/mol. The van der Waals surface area contributed by atoms with Gasteiger partial charge in [-0.05, 0) is 38.2 Å². The van der Waals surface area contributed by atoms with E-state index in [0.29, 0.717) is 25.9 Å². The average Bonchev–Trinajstić information content (AvgIpc) is 3.75. The summed E-state index contributed by atoms with van der Waals surface area (Å²) >= 11 is 0. The molecule has 2 aliphatic carbocycles. The van der Waals surface area contributed by atoms with Gasteiger partial charge in [-0.25, -0.2) is 9.59 Å². The van der Waals surface area contributed by atoms with Crippen molar-refractivity contribution in [1.82, 2.24) is 0 Å². The summed E-state index contributed by atoms with van der Waals surface area (Å²) < 4.78 is 36.6. The first kappa shape index (κ1) is 32.8. The highest BCUT2D eigenvalue weighted by atomic mass is 16.6. The summed E-state index contributed by atoms with van der Waals surface area (Å²) in [6.45, 7) is 9.49. The molecule has 3 fully saturated rings. The zero-order valence-corrected chi connectivity index (χ0v) is 26.2. The van der Waals surface area contributed by atoms with Gasteiger partial charge >= 0.3 is 17.9 Å². The summed E-state index contributed by atoms with van der Waals surface area (Å²) in [5, 5.41) is 21.1. The predicted octanol–water partition coefficient (Wildman–Crippen LogP) is 2.72. The Morgan fingerprint density at radius 2 is 1.95 bits per heavy atom. The van der Waals surface area contributed by atoms with Crippen LogP contribution in [0.5, 0.6) is 0 Å². The van der Waals surface area contributed by atoms with Crippen molar-refractivity contribution in [3.63, 3.8) is 0 Å². The molecule has 3 aliphatic heterocycles. The second kappa shape index (κ2) is 12.7. The van der Waals surface area contributed by atoms with Crippen molar-refractivity contribution in [2.75, 3.05) is 19.8 Å². The number of hydrogen-bond donors (Lipinski definition) is 2. The van der Waals surface area contributed by atoms with Crippen molar-refractivity contribution in [3.05, 3.63) is 36.0 Å². The fourth-order valence-corrected chi connectivity index (χ4v) is 7.59. The van der Waals surface area contributed by atoms with Gasteiger partial charge in [0.2, 0.25) is 0 Å². The highest BCUT2D eigenvalue weighted by Crippen LogP contribution is 2.72. The first-order valence-electron chi connectivity index (χ1n) is 15.8. The molecule has 2 bridgehead atoms. The number of aliphatic hydroxyl groups excluding tert-OH is 2. The molecule has 0 amide bonds. The van der Waals surface area contributed by atoms with Crippen LogP contribution in [-0.4, -0.2) is 96.3 Å². The molecule has 11 nitrogen and oxygen atoms in total. The third kappa shape index (κ3) is 5.66. The fourth-order valence-electron chi connectivity index (χ4n) is 7.59. The number of esters is 3.